The summed E-state index contributed by atoms with van der Waals surface area (Å²) in [7, 11) is 0. The van der Waals surface area contributed by atoms with E-state index in [-0.39, 0.29) is 0 Å². The predicted molar refractivity (Wildman–Crippen MR) is 146 cm³/mol. The minimum atomic E-state index is 0.589. The Balaban J connectivity index is 1.30. The largest absolute Gasteiger partial charge is 0.357 e. The van der Waals surface area contributed by atoms with Crippen molar-refractivity contribution in [2.75, 3.05) is 18.0 Å². The first-order valence-electron chi connectivity index (χ1n) is 13.5. The van der Waals surface area contributed by atoms with Gasteiger partial charge in [-0.15, -0.1) is 0 Å². The van der Waals surface area contributed by atoms with E-state index in [0.717, 1.165) is 79.9 Å². The fraction of sp³-hybridized carbons (Fsp3) is 0.433. The van der Waals surface area contributed by atoms with Gasteiger partial charge in [0.25, 0.3) is 0 Å². The molecule has 0 radical (unpaired) electrons. The van der Waals surface area contributed by atoms with Crippen molar-refractivity contribution in [3.63, 3.8) is 0 Å². The molecule has 37 heavy (non-hydrogen) atoms. The number of hydrogen-bond acceptors (Lipinski definition) is 6. The van der Waals surface area contributed by atoms with Gasteiger partial charge in [0, 0.05) is 55.4 Å². The van der Waals surface area contributed by atoms with Gasteiger partial charge in [-0.3, -0.25) is 0 Å². The van der Waals surface area contributed by atoms with E-state index in [1.807, 2.05) is 23.1 Å². The zero-order valence-corrected chi connectivity index (χ0v) is 22.1. The van der Waals surface area contributed by atoms with Crippen molar-refractivity contribution >= 4 is 11.3 Å². The molecule has 0 aromatic carbocycles. The lowest BCUT2D eigenvalue weighted by Gasteiger charge is -2.33. The van der Waals surface area contributed by atoms with Crippen LogP contribution < -0.4 is 4.90 Å². The van der Waals surface area contributed by atoms with Crippen molar-refractivity contribution in [3.8, 4) is 17.2 Å². The molecule has 7 heteroatoms. The van der Waals surface area contributed by atoms with Crippen LogP contribution >= 0.6 is 0 Å². The molecule has 0 N–H and O–H groups in total. The third kappa shape index (κ3) is 5.64. The minimum Gasteiger partial charge on any atom is -0.357 e. The highest BCUT2D eigenvalue weighted by atomic mass is 15.2. The molecule has 0 spiro atoms. The number of aryl methyl sites for hydroxylation is 2. The third-order valence-corrected chi connectivity index (χ3v) is 7.40. The molecule has 1 aliphatic rings. The Bertz CT molecular complexity index is 1370. The van der Waals surface area contributed by atoms with Gasteiger partial charge in [-0.1, -0.05) is 20.8 Å². The molecular formula is C30H35N7. The summed E-state index contributed by atoms with van der Waals surface area (Å²) in [5.41, 5.74) is 5.93. The minimum absolute atomic E-state index is 0.589. The van der Waals surface area contributed by atoms with Crippen molar-refractivity contribution in [3.05, 3.63) is 71.7 Å². The molecule has 0 atom stereocenters. The molecule has 5 rings (SSSR count). The monoisotopic (exact) mass is 493 g/mol. The van der Waals surface area contributed by atoms with Crippen molar-refractivity contribution < 1.29 is 0 Å². The number of fused-ring (bicyclic) bond motifs is 1. The normalized spacial score (nSPS) is 14.4. The number of nitrogens with zero attached hydrogens (tertiary/aromatic N) is 7. The highest BCUT2D eigenvalue weighted by molar-refractivity contribution is 5.84. The van der Waals surface area contributed by atoms with Gasteiger partial charge in [0.1, 0.15) is 17.7 Å². The first kappa shape index (κ1) is 24.9. The maximum atomic E-state index is 9.66. The fourth-order valence-electron chi connectivity index (χ4n) is 5.17. The van der Waals surface area contributed by atoms with E-state index in [0.29, 0.717) is 17.4 Å². The van der Waals surface area contributed by atoms with E-state index in [4.69, 9.17) is 4.98 Å². The van der Waals surface area contributed by atoms with Crippen LogP contribution in [-0.2, 0) is 19.3 Å². The number of piperidine rings is 1. The number of nitriles is 1. The molecule has 1 fully saturated rings. The molecule has 0 saturated carbocycles. The van der Waals surface area contributed by atoms with Crippen LogP contribution in [0.2, 0.25) is 0 Å². The van der Waals surface area contributed by atoms with Crippen LogP contribution in [0.3, 0.4) is 0 Å². The van der Waals surface area contributed by atoms with Crippen LogP contribution in [0.1, 0.15) is 62.5 Å². The Labute approximate surface area is 219 Å². The molecular weight excluding hydrogens is 458 g/mol. The molecule has 1 saturated heterocycles. The Hall–Kier alpha value is -3.79. The van der Waals surface area contributed by atoms with E-state index in [1.54, 1.807) is 6.20 Å². The van der Waals surface area contributed by atoms with Gasteiger partial charge in [-0.05, 0) is 73.3 Å². The number of anilines is 1. The van der Waals surface area contributed by atoms with Crippen molar-refractivity contribution in [1.29, 1.82) is 5.26 Å². The van der Waals surface area contributed by atoms with Crippen LogP contribution in [0.25, 0.3) is 16.6 Å². The number of pyridine rings is 2. The van der Waals surface area contributed by atoms with Gasteiger partial charge < -0.3 is 4.90 Å². The molecule has 0 bridgehead atoms. The number of hydrogen-bond donors (Lipinski definition) is 0. The van der Waals surface area contributed by atoms with E-state index in [1.165, 1.54) is 11.1 Å². The molecule has 5 heterocycles. The van der Waals surface area contributed by atoms with Crippen LogP contribution in [0.4, 0.5) is 5.82 Å². The summed E-state index contributed by atoms with van der Waals surface area (Å²) in [6, 6.07) is 8.76. The molecule has 0 amide bonds. The lowest BCUT2D eigenvalue weighted by molar-refractivity contribution is 0.401. The second-order valence-corrected chi connectivity index (χ2v) is 10.6. The molecule has 0 unspecified atom stereocenters. The molecule has 190 valence electrons. The number of rotatable bonds is 8. The highest BCUT2D eigenvalue weighted by Gasteiger charge is 2.21. The maximum Gasteiger partial charge on any atom is 0.128 e. The SMILES string of the molecule is CCc1ncc(CC2CCN(c3ccc(-c4cc(CCC(C)C)cn5ncc(C#N)c45)cn3)CC2)cn1. The van der Waals surface area contributed by atoms with Gasteiger partial charge >= 0.3 is 0 Å². The van der Waals surface area contributed by atoms with E-state index in [2.05, 4.69) is 71.2 Å². The van der Waals surface area contributed by atoms with Gasteiger partial charge in [0.05, 0.1) is 17.3 Å². The van der Waals surface area contributed by atoms with Crippen LogP contribution in [-0.4, -0.2) is 37.7 Å². The summed E-state index contributed by atoms with van der Waals surface area (Å²) in [5.74, 6) is 3.21. The van der Waals surface area contributed by atoms with Crippen LogP contribution in [0.15, 0.2) is 49.2 Å². The average Bonchev–Trinajstić information content (AvgIpc) is 3.35. The van der Waals surface area contributed by atoms with Crippen molar-refractivity contribution in [2.24, 2.45) is 11.8 Å². The first-order valence-corrected chi connectivity index (χ1v) is 13.5. The Morgan fingerprint density at radius 2 is 1.81 bits per heavy atom. The molecule has 4 aromatic heterocycles. The van der Waals surface area contributed by atoms with Crippen molar-refractivity contribution in [1.82, 2.24) is 24.6 Å². The molecule has 4 aromatic rings. The zero-order chi connectivity index (χ0) is 25.8. The quantitative estimate of drug-likeness (QED) is 0.315. The van der Waals surface area contributed by atoms with Gasteiger partial charge in [0.2, 0.25) is 0 Å². The zero-order valence-electron chi connectivity index (χ0n) is 22.1. The lowest BCUT2D eigenvalue weighted by Crippen LogP contribution is -2.34. The highest BCUT2D eigenvalue weighted by Crippen LogP contribution is 2.31. The second kappa shape index (κ2) is 11.1. The van der Waals surface area contributed by atoms with Gasteiger partial charge in [0.15, 0.2) is 0 Å². The Kier molecular flexibility index (Phi) is 7.45. The summed E-state index contributed by atoms with van der Waals surface area (Å²) in [6.07, 6.45) is 15.9. The van der Waals surface area contributed by atoms with E-state index < -0.39 is 0 Å². The third-order valence-electron chi connectivity index (χ3n) is 7.40. The average molecular weight is 494 g/mol. The Morgan fingerprint density at radius 1 is 1.03 bits per heavy atom. The fourth-order valence-corrected chi connectivity index (χ4v) is 5.17. The molecule has 0 aliphatic carbocycles. The summed E-state index contributed by atoms with van der Waals surface area (Å²) in [5, 5.41) is 14.1. The van der Waals surface area contributed by atoms with Crippen LogP contribution in [0, 0.1) is 23.2 Å². The van der Waals surface area contributed by atoms with Gasteiger partial charge in [-0.2, -0.15) is 10.4 Å². The van der Waals surface area contributed by atoms with Crippen LogP contribution in [0.5, 0.6) is 0 Å². The van der Waals surface area contributed by atoms with E-state index in [9.17, 15) is 5.26 Å². The van der Waals surface area contributed by atoms with E-state index >= 15 is 0 Å². The Morgan fingerprint density at radius 3 is 2.46 bits per heavy atom. The van der Waals surface area contributed by atoms with Crippen molar-refractivity contribution in [2.45, 2.75) is 59.3 Å². The summed E-state index contributed by atoms with van der Waals surface area (Å²) >= 11 is 0. The second-order valence-electron chi connectivity index (χ2n) is 10.6. The summed E-state index contributed by atoms with van der Waals surface area (Å²) in [4.78, 5) is 16.1. The summed E-state index contributed by atoms with van der Waals surface area (Å²) < 4.78 is 1.85. The molecule has 7 nitrogen and oxygen atoms in total. The standard InChI is InChI=1S/C30H35N7/c1-4-28-32-16-24(17-33-28)13-22-9-11-36(12-10-22)29-8-7-25(18-34-29)27-14-23(6-5-21(2)3)20-37-30(27)26(15-31)19-35-37/h7-8,14,16-22H,4-6,9-13H2,1-3H3. The number of aromatic nitrogens is 5. The summed E-state index contributed by atoms with van der Waals surface area (Å²) in [6.45, 7) is 8.57. The lowest BCUT2D eigenvalue weighted by atomic mass is 9.91. The topological polar surface area (TPSA) is 83.0 Å². The van der Waals surface area contributed by atoms with Gasteiger partial charge in [-0.25, -0.2) is 19.5 Å². The maximum absolute atomic E-state index is 9.66. The first-order chi connectivity index (χ1) is 18.0. The smallest absolute Gasteiger partial charge is 0.128 e. The molecule has 1 aliphatic heterocycles. The predicted octanol–water partition coefficient (Wildman–Crippen LogP) is 5.67.